The number of carbonyl (C=O) groups is 1. The van der Waals surface area contributed by atoms with E-state index < -0.39 is 18.0 Å². The van der Waals surface area contributed by atoms with E-state index in [1.807, 2.05) is 17.9 Å². The lowest BCUT2D eigenvalue weighted by Crippen LogP contribution is -2.55. The van der Waals surface area contributed by atoms with Gasteiger partial charge < -0.3 is 14.4 Å². The third-order valence-electron chi connectivity index (χ3n) is 6.86. The molecular formula is C26H27F2N7O. The Bertz CT molecular complexity index is 1310. The molecular weight excluding hydrogens is 464 g/mol. The number of aromatic nitrogens is 4. The Morgan fingerprint density at radius 2 is 2.00 bits per heavy atom. The zero-order valence-electron chi connectivity index (χ0n) is 20.2. The second-order valence-electron chi connectivity index (χ2n) is 9.33. The van der Waals surface area contributed by atoms with Gasteiger partial charge in [-0.05, 0) is 56.4 Å². The number of rotatable bonds is 6. The van der Waals surface area contributed by atoms with E-state index in [0.717, 1.165) is 30.9 Å². The maximum atomic E-state index is 15.5. The van der Waals surface area contributed by atoms with E-state index in [1.54, 1.807) is 24.2 Å². The third kappa shape index (κ3) is 4.53. The largest absolute Gasteiger partial charge is 0.338 e. The van der Waals surface area contributed by atoms with Crippen LogP contribution in [0, 0.1) is 24.1 Å². The van der Waals surface area contributed by atoms with Crippen molar-refractivity contribution in [1.29, 1.82) is 5.26 Å². The fourth-order valence-corrected chi connectivity index (χ4v) is 4.74. The second-order valence-corrected chi connectivity index (χ2v) is 9.33. The van der Waals surface area contributed by atoms with Gasteiger partial charge in [0.15, 0.2) is 0 Å². The molecule has 0 bridgehead atoms. The minimum absolute atomic E-state index is 0.0236. The van der Waals surface area contributed by atoms with Gasteiger partial charge in [-0.25, -0.2) is 23.7 Å². The van der Waals surface area contributed by atoms with Gasteiger partial charge in [-0.3, -0.25) is 4.79 Å². The lowest BCUT2D eigenvalue weighted by atomic mass is 10.0. The number of imidazole rings is 1. The van der Waals surface area contributed by atoms with Gasteiger partial charge in [0.2, 0.25) is 5.95 Å². The van der Waals surface area contributed by atoms with Crippen LogP contribution in [0.25, 0.3) is 5.69 Å². The number of piperidine rings is 1. The predicted octanol–water partition coefficient (Wildman–Crippen LogP) is 3.77. The van der Waals surface area contributed by atoms with Crippen LogP contribution in [0.2, 0.25) is 0 Å². The fourth-order valence-electron chi connectivity index (χ4n) is 4.74. The fraction of sp³-hybridized carbons (Fsp3) is 0.423. The highest BCUT2D eigenvalue weighted by Crippen LogP contribution is 2.35. The first kappa shape index (κ1) is 23.9. The Kier molecular flexibility index (Phi) is 6.39. The zero-order valence-corrected chi connectivity index (χ0v) is 20.2. The van der Waals surface area contributed by atoms with Crippen molar-refractivity contribution >= 4 is 11.9 Å². The highest BCUT2D eigenvalue weighted by molar-refractivity contribution is 5.93. The Hall–Kier alpha value is -3.87. The van der Waals surface area contributed by atoms with Crippen molar-refractivity contribution in [1.82, 2.24) is 24.4 Å². The standard InChI is InChI=1S/C26H27F2N7O/c1-3-17-12-30-26(31-13-17)33-9-8-24(21(28)14-33)35(19-5-6-19)25(36)22-15-34(16(2)32-22)23-7-4-18(11-29)10-20(23)27/h4,7,10,12-13,15,19,21,24H,3,5-6,8-9,14H2,1-2H3. The molecule has 1 amide bonds. The summed E-state index contributed by atoms with van der Waals surface area (Å²) in [6.07, 6.45) is 6.68. The maximum absolute atomic E-state index is 15.5. The molecule has 0 N–H and O–H groups in total. The van der Waals surface area contributed by atoms with Gasteiger partial charge in [0.25, 0.3) is 5.91 Å². The van der Waals surface area contributed by atoms with Gasteiger partial charge in [0, 0.05) is 31.2 Å². The lowest BCUT2D eigenvalue weighted by Gasteiger charge is -2.40. The summed E-state index contributed by atoms with van der Waals surface area (Å²) in [4.78, 5) is 30.2. The molecule has 186 valence electrons. The van der Waals surface area contributed by atoms with E-state index in [-0.39, 0.29) is 35.4 Å². The molecule has 0 spiro atoms. The third-order valence-corrected chi connectivity index (χ3v) is 6.86. The van der Waals surface area contributed by atoms with E-state index in [9.17, 15) is 9.18 Å². The lowest BCUT2D eigenvalue weighted by molar-refractivity contribution is 0.0481. The van der Waals surface area contributed by atoms with Gasteiger partial charge in [-0.2, -0.15) is 5.26 Å². The molecule has 2 aromatic heterocycles. The van der Waals surface area contributed by atoms with Gasteiger partial charge in [-0.1, -0.05) is 6.92 Å². The first-order chi connectivity index (χ1) is 17.4. The zero-order chi connectivity index (χ0) is 25.4. The van der Waals surface area contributed by atoms with Crippen LogP contribution >= 0.6 is 0 Å². The molecule has 36 heavy (non-hydrogen) atoms. The van der Waals surface area contributed by atoms with Crippen molar-refractivity contribution in [2.75, 3.05) is 18.0 Å². The van der Waals surface area contributed by atoms with Crippen LogP contribution in [0.5, 0.6) is 0 Å². The summed E-state index contributed by atoms with van der Waals surface area (Å²) in [5.74, 6) is -0.00978. The van der Waals surface area contributed by atoms with Crippen molar-refractivity contribution in [3.8, 4) is 11.8 Å². The van der Waals surface area contributed by atoms with Crippen molar-refractivity contribution in [3.05, 3.63) is 65.3 Å². The number of halogens is 2. The molecule has 1 aromatic carbocycles. The Labute approximate surface area is 208 Å². The molecule has 8 nitrogen and oxygen atoms in total. The van der Waals surface area contributed by atoms with Gasteiger partial charge >= 0.3 is 0 Å². The first-order valence-corrected chi connectivity index (χ1v) is 12.2. The van der Waals surface area contributed by atoms with E-state index in [4.69, 9.17) is 5.26 Å². The molecule has 1 aliphatic carbocycles. The van der Waals surface area contributed by atoms with Gasteiger partial charge in [0.1, 0.15) is 23.5 Å². The van der Waals surface area contributed by atoms with E-state index >= 15 is 4.39 Å². The van der Waals surface area contributed by atoms with Crippen molar-refractivity contribution in [2.45, 2.75) is 57.8 Å². The van der Waals surface area contributed by atoms with Crippen LogP contribution in [0.15, 0.2) is 36.8 Å². The topological polar surface area (TPSA) is 90.9 Å². The monoisotopic (exact) mass is 491 g/mol. The molecule has 1 saturated carbocycles. The maximum Gasteiger partial charge on any atom is 0.274 e. The number of anilines is 1. The molecule has 2 unspecified atom stereocenters. The second kappa shape index (κ2) is 9.64. The summed E-state index contributed by atoms with van der Waals surface area (Å²) in [5.41, 5.74) is 1.57. The minimum Gasteiger partial charge on any atom is -0.338 e. The smallest absolute Gasteiger partial charge is 0.274 e. The molecule has 2 fully saturated rings. The number of nitriles is 1. The number of carbonyl (C=O) groups excluding carboxylic acids is 1. The molecule has 1 aliphatic heterocycles. The number of hydrogen-bond acceptors (Lipinski definition) is 6. The van der Waals surface area contributed by atoms with Crippen LogP contribution in [0.4, 0.5) is 14.7 Å². The quantitative estimate of drug-likeness (QED) is 0.522. The van der Waals surface area contributed by atoms with Crippen molar-refractivity contribution in [3.63, 3.8) is 0 Å². The molecule has 3 aromatic rings. The van der Waals surface area contributed by atoms with Crippen LogP contribution < -0.4 is 4.90 Å². The van der Waals surface area contributed by atoms with Crippen molar-refractivity contribution < 1.29 is 13.6 Å². The molecule has 5 rings (SSSR count). The van der Waals surface area contributed by atoms with Crippen molar-refractivity contribution in [2.24, 2.45) is 0 Å². The Morgan fingerprint density at radius 1 is 1.25 bits per heavy atom. The molecule has 2 aliphatic rings. The number of amides is 1. The van der Waals surface area contributed by atoms with Crippen LogP contribution in [-0.4, -0.2) is 61.7 Å². The number of nitrogens with zero attached hydrogens (tertiary/aromatic N) is 7. The number of benzene rings is 1. The summed E-state index contributed by atoms with van der Waals surface area (Å²) in [6, 6.07) is 5.45. The SMILES string of the molecule is CCc1cnc(N2CCC(N(C(=O)c3cn(-c4ccc(C#N)cc4F)c(C)n3)C3CC3)C(F)C2)nc1. The summed E-state index contributed by atoms with van der Waals surface area (Å²) in [5, 5.41) is 9.00. The predicted molar refractivity (Wildman–Crippen MR) is 129 cm³/mol. The van der Waals surface area contributed by atoms with E-state index in [1.165, 1.54) is 22.9 Å². The summed E-state index contributed by atoms with van der Waals surface area (Å²) in [7, 11) is 0. The Balaban J connectivity index is 1.35. The number of aryl methyl sites for hydroxylation is 2. The number of alkyl halides is 1. The molecule has 0 radical (unpaired) electrons. The molecule has 1 saturated heterocycles. The van der Waals surface area contributed by atoms with E-state index in [2.05, 4.69) is 15.0 Å². The molecule has 10 heteroatoms. The van der Waals surface area contributed by atoms with E-state index in [0.29, 0.717) is 24.7 Å². The minimum atomic E-state index is -1.27. The Morgan fingerprint density at radius 3 is 2.61 bits per heavy atom. The van der Waals surface area contributed by atoms with Crippen LogP contribution in [0.1, 0.15) is 53.6 Å². The highest BCUT2D eigenvalue weighted by atomic mass is 19.1. The van der Waals surface area contributed by atoms with Gasteiger partial charge in [0.05, 0.1) is 29.9 Å². The summed E-state index contributed by atoms with van der Waals surface area (Å²) >= 11 is 0. The summed E-state index contributed by atoms with van der Waals surface area (Å²) in [6.45, 7) is 4.35. The van der Waals surface area contributed by atoms with Gasteiger partial charge in [-0.15, -0.1) is 0 Å². The average Bonchev–Trinajstić information content (AvgIpc) is 3.65. The molecule has 2 atom stereocenters. The van der Waals surface area contributed by atoms with Crippen LogP contribution in [-0.2, 0) is 6.42 Å². The first-order valence-electron chi connectivity index (χ1n) is 12.2. The molecule has 3 heterocycles. The summed E-state index contributed by atoms with van der Waals surface area (Å²) < 4.78 is 31.6. The normalized spacial score (nSPS) is 19.7. The number of hydrogen-bond donors (Lipinski definition) is 0. The highest BCUT2D eigenvalue weighted by Gasteiger charge is 2.44. The van der Waals surface area contributed by atoms with Crippen LogP contribution in [0.3, 0.4) is 0 Å². The average molecular weight is 492 g/mol.